The van der Waals surface area contributed by atoms with E-state index in [1.54, 1.807) is 5.57 Å². The molecule has 32 heavy (non-hydrogen) atoms. The van der Waals surface area contributed by atoms with Crippen LogP contribution in [-0.2, 0) is 17.0 Å². The van der Waals surface area contributed by atoms with Crippen molar-refractivity contribution in [2.45, 2.75) is 31.5 Å². The van der Waals surface area contributed by atoms with Crippen molar-refractivity contribution >= 4 is 43.2 Å². The molecule has 7 heteroatoms. The molecular weight excluding hydrogens is 489 g/mol. The standard InChI is InChI=1S/C24H29N3Si.CH3.2ClH.Ti/c1-28(2,27-16-25-15-26-17-27)24-14-13-22-21(11-6-12-23(22)24)20-10-5-8-18-7-3-4-9-19(18)20;;;;/h3-12,22-24H,13-17H2,1-2H3;1H3;2*1H;/q-2;-1;;;+6/p-2. The van der Waals surface area contributed by atoms with Crippen molar-refractivity contribution in [3.05, 3.63) is 84.3 Å². The predicted octanol–water partition coefficient (Wildman–Crippen LogP) is 8.16. The van der Waals surface area contributed by atoms with Gasteiger partial charge < -0.3 is 22.6 Å². The second kappa shape index (κ2) is 11.8. The van der Waals surface area contributed by atoms with Crippen molar-refractivity contribution in [1.29, 1.82) is 0 Å². The first-order valence-electron chi connectivity index (χ1n) is 10.9. The zero-order chi connectivity index (χ0) is 21.8. The minimum atomic E-state index is -1.59. The Hall–Kier alpha value is -0.429. The van der Waals surface area contributed by atoms with Crippen molar-refractivity contribution in [3.8, 4) is 0 Å². The van der Waals surface area contributed by atoms with Gasteiger partial charge >= 0.3 is 35.6 Å². The number of hydrogen-bond donors (Lipinski definition) is 0. The molecule has 0 N–H and O–H groups in total. The van der Waals surface area contributed by atoms with Gasteiger partial charge in [0.1, 0.15) is 8.24 Å². The number of rotatable bonds is 3. The monoisotopic (exact) mass is 520 g/mol. The number of halogens is 2. The van der Waals surface area contributed by atoms with E-state index in [4.69, 9.17) is 18.6 Å². The van der Waals surface area contributed by atoms with Crippen LogP contribution in [-0.4, -0.2) is 32.8 Å². The van der Waals surface area contributed by atoms with Crippen LogP contribution in [0.3, 0.4) is 0 Å². The van der Waals surface area contributed by atoms with Crippen molar-refractivity contribution in [1.82, 2.24) is 4.57 Å². The molecule has 1 saturated heterocycles. The number of allylic oxidation sites excluding steroid dienone is 4. The van der Waals surface area contributed by atoms with Gasteiger partial charge in [0, 0.05) is 0 Å². The minimum absolute atomic E-state index is 0. The van der Waals surface area contributed by atoms with Crippen LogP contribution in [0.4, 0.5) is 0 Å². The van der Waals surface area contributed by atoms with Crippen LogP contribution >= 0.6 is 18.6 Å². The van der Waals surface area contributed by atoms with E-state index in [1.807, 2.05) is 0 Å². The molecule has 5 rings (SSSR count). The Morgan fingerprint density at radius 1 is 1.00 bits per heavy atom. The molecule has 1 heterocycles. The second-order valence-corrected chi connectivity index (χ2v) is 16.3. The molecule has 0 bridgehead atoms. The number of nitrogens with zero attached hydrogens (tertiary/aromatic N) is 3. The molecule has 2 fully saturated rings. The summed E-state index contributed by atoms with van der Waals surface area (Å²) in [6.07, 6.45) is 9.84. The molecular formula is C25H32Cl2N3SiTi+. The Morgan fingerprint density at radius 3 is 2.44 bits per heavy atom. The average Bonchev–Trinajstić information content (AvgIpc) is 3.25. The summed E-state index contributed by atoms with van der Waals surface area (Å²) in [7, 11) is 8.18. The topological polar surface area (TPSA) is 31.4 Å². The first-order chi connectivity index (χ1) is 15.1. The van der Waals surface area contributed by atoms with E-state index in [2.05, 4.69) is 89.0 Å². The molecule has 3 nitrogen and oxygen atoms in total. The van der Waals surface area contributed by atoms with E-state index < -0.39 is 25.3 Å². The van der Waals surface area contributed by atoms with Crippen molar-refractivity contribution in [2.75, 3.05) is 20.0 Å². The number of hydrogen-bond acceptors (Lipinski definition) is 1. The maximum absolute atomic E-state index is 4.89. The van der Waals surface area contributed by atoms with E-state index in [0.29, 0.717) is 18.5 Å². The van der Waals surface area contributed by atoms with Gasteiger partial charge in [-0.3, -0.25) is 6.67 Å². The van der Waals surface area contributed by atoms with Crippen LogP contribution in [0.5, 0.6) is 0 Å². The molecule has 3 atom stereocenters. The molecule has 168 valence electrons. The molecule has 0 spiro atoms. The zero-order valence-electron chi connectivity index (χ0n) is 19.1. The normalized spacial score (nSPS) is 25.5. The van der Waals surface area contributed by atoms with Crippen molar-refractivity contribution in [2.24, 2.45) is 11.8 Å². The van der Waals surface area contributed by atoms with Crippen LogP contribution in [0.25, 0.3) is 27.0 Å². The summed E-state index contributed by atoms with van der Waals surface area (Å²) in [5, 5.41) is 11.9. The summed E-state index contributed by atoms with van der Waals surface area (Å²) in [6.45, 7) is 7.53. The van der Waals surface area contributed by atoms with E-state index in [1.165, 1.54) is 29.2 Å². The predicted molar refractivity (Wildman–Crippen MR) is 140 cm³/mol. The van der Waals surface area contributed by atoms with Crippen LogP contribution in [0, 0.1) is 19.3 Å². The van der Waals surface area contributed by atoms with Crippen LogP contribution < -0.4 is 0 Å². The van der Waals surface area contributed by atoms with Crippen LogP contribution in [0.1, 0.15) is 18.4 Å². The van der Waals surface area contributed by atoms with Gasteiger partial charge in [-0.2, -0.15) is 0 Å². The van der Waals surface area contributed by atoms with Gasteiger partial charge in [-0.1, -0.05) is 80.2 Å². The Kier molecular flexibility index (Phi) is 9.66. The number of benzene rings is 2. The van der Waals surface area contributed by atoms with Crippen molar-refractivity contribution in [3.63, 3.8) is 0 Å². The Balaban J connectivity index is 0.000000686. The summed E-state index contributed by atoms with van der Waals surface area (Å²) in [6, 6.07) is 15.6. The first kappa shape index (κ1) is 26.2. The van der Waals surface area contributed by atoms with Gasteiger partial charge in [0.2, 0.25) is 0 Å². The van der Waals surface area contributed by atoms with Gasteiger partial charge in [0.25, 0.3) is 0 Å². The molecule has 0 amide bonds. The molecule has 2 aliphatic carbocycles. The third kappa shape index (κ3) is 5.29. The van der Waals surface area contributed by atoms with E-state index in [0.717, 1.165) is 18.9 Å². The zero-order valence-corrected chi connectivity index (χ0v) is 23.2. The van der Waals surface area contributed by atoms with E-state index in [-0.39, 0.29) is 7.43 Å². The molecule has 0 aromatic heterocycles. The molecule has 1 saturated carbocycles. The maximum atomic E-state index is 4.89. The van der Waals surface area contributed by atoms with Crippen molar-refractivity contribution < 1.29 is 17.0 Å². The molecule has 2 aromatic rings. The fraction of sp³-hybridized carbons (Fsp3) is 0.400. The Morgan fingerprint density at radius 2 is 1.69 bits per heavy atom. The summed E-state index contributed by atoms with van der Waals surface area (Å²) < 4.78 is 2.60. The summed E-state index contributed by atoms with van der Waals surface area (Å²) >= 11 is -0.556. The van der Waals surface area contributed by atoms with Gasteiger partial charge in [-0.25, -0.2) is 0 Å². The first-order valence-corrected chi connectivity index (χ1v) is 18.2. The average molecular weight is 521 g/mol. The van der Waals surface area contributed by atoms with Gasteiger partial charge in [0.05, 0.1) is 0 Å². The molecule has 0 radical (unpaired) electrons. The fourth-order valence-corrected chi connectivity index (χ4v) is 9.26. The summed E-state index contributed by atoms with van der Waals surface area (Å²) in [5.41, 5.74) is 3.75. The van der Waals surface area contributed by atoms with Gasteiger partial charge in [-0.15, -0.1) is 13.3 Å². The number of fused-ring (bicyclic) bond motifs is 2. The Labute approximate surface area is 211 Å². The Bertz CT molecular complexity index is 954. The SMILES string of the molecule is C[Si](C)(C1CCC2C(c3cccc4ccccc34)=CC=CC21)N1C[N-]C[N-]C1.[CH3-].[Cl][Ti+4][Cl]. The second-order valence-electron chi connectivity index (χ2n) is 9.04. The fourth-order valence-electron chi connectivity index (χ4n) is 5.70. The summed E-state index contributed by atoms with van der Waals surface area (Å²) in [4.78, 5) is 0. The third-order valence-electron chi connectivity index (χ3n) is 7.29. The molecule has 3 aliphatic rings. The molecule has 2 aromatic carbocycles. The van der Waals surface area contributed by atoms with Crippen LogP contribution in [0.2, 0.25) is 18.6 Å². The molecule has 1 aliphatic heterocycles. The van der Waals surface area contributed by atoms with Crippen LogP contribution in [0.15, 0.2) is 60.7 Å². The van der Waals surface area contributed by atoms with Gasteiger partial charge in [0.15, 0.2) is 0 Å². The third-order valence-corrected chi connectivity index (χ3v) is 11.7. The summed E-state index contributed by atoms with van der Waals surface area (Å²) in [5.74, 6) is 1.30. The van der Waals surface area contributed by atoms with E-state index >= 15 is 0 Å². The molecule has 3 unspecified atom stereocenters. The van der Waals surface area contributed by atoms with Gasteiger partial charge in [-0.05, 0) is 45.7 Å². The van der Waals surface area contributed by atoms with E-state index in [9.17, 15) is 0 Å². The quantitative estimate of drug-likeness (QED) is 0.296.